The number of hydrogen-bond donors (Lipinski definition) is 1. The molecule has 2 rings (SSSR count). The Morgan fingerprint density at radius 3 is 2.81 bits per heavy atom. The second-order valence-electron chi connectivity index (χ2n) is 3.02. The highest BCUT2D eigenvalue weighted by Crippen LogP contribution is 2.29. The van der Waals surface area contributed by atoms with E-state index in [0.717, 1.165) is 6.26 Å². The van der Waals surface area contributed by atoms with Gasteiger partial charge in [-0.2, -0.15) is 0 Å². The van der Waals surface area contributed by atoms with Crippen molar-refractivity contribution in [3.8, 4) is 0 Å². The molecule has 0 fully saturated rings. The average molecular weight is 238 g/mol. The van der Waals surface area contributed by atoms with E-state index >= 15 is 0 Å². The van der Waals surface area contributed by atoms with Gasteiger partial charge in [0.2, 0.25) is 0 Å². The third-order valence-corrected chi connectivity index (χ3v) is 2.74. The van der Waals surface area contributed by atoms with Gasteiger partial charge in [-0.25, -0.2) is 9.18 Å². The molecule has 2 aromatic rings. The number of carboxylic acids is 1. The normalized spacial score (nSPS) is 10.3. The molecular weight excluding hydrogens is 231 g/mol. The van der Waals surface area contributed by atoms with Gasteiger partial charge in [0.25, 0.3) is 0 Å². The molecule has 1 N–H and O–H groups in total. The van der Waals surface area contributed by atoms with E-state index in [4.69, 9.17) is 9.52 Å². The molecule has 0 radical (unpaired) electrons. The van der Waals surface area contributed by atoms with Gasteiger partial charge in [-0.05, 0) is 18.2 Å². The van der Waals surface area contributed by atoms with Crippen LogP contribution in [0.4, 0.5) is 4.39 Å². The summed E-state index contributed by atoms with van der Waals surface area (Å²) < 4.78 is 17.9. The highest BCUT2D eigenvalue weighted by atomic mass is 32.2. The summed E-state index contributed by atoms with van der Waals surface area (Å²) in [5, 5.41) is 9.10. The molecule has 82 valence electrons. The maximum Gasteiger partial charge on any atom is 0.339 e. The lowest BCUT2D eigenvalue weighted by Crippen LogP contribution is -1.91. The van der Waals surface area contributed by atoms with Gasteiger partial charge in [-0.1, -0.05) is 17.8 Å². The monoisotopic (exact) mass is 238 g/mol. The molecule has 5 heteroatoms. The predicted molar refractivity (Wildman–Crippen MR) is 56.2 cm³/mol. The summed E-state index contributed by atoms with van der Waals surface area (Å²) in [6.07, 6.45) is 1.16. The number of hydrogen-bond acceptors (Lipinski definition) is 3. The molecule has 0 aliphatic carbocycles. The van der Waals surface area contributed by atoms with Crippen LogP contribution in [-0.4, -0.2) is 11.1 Å². The molecule has 0 unspecified atom stereocenters. The third-order valence-electron chi connectivity index (χ3n) is 1.84. The van der Waals surface area contributed by atoms with Gasteiger partial charge in [0.15, 0.2) is 5.09 Å². The van der Waals surface area contributed by atoms with Gasteiger partial charge >= 0.3 is 5.97 Å². The van der Waals surface area contributed by atoms with Gasteiger partial charge < -0.3 is 9.52 Å². The molecule has 0 amide bonds. The van der Waals surface area contributed by atoms with Crippen molar-refractivity contribution in [2.45, 2.75) is 9.99 Å². The Hall–Kier alpha value is -1.75. The van der Waals surface area contributed by atoms with Gasteiger partial charge in [-0.15, -0.1) is 0 Å². The van der Waals surface area contributed by atoms with Crippen LogP contribution >= 0.6 is 11.8 Å². The highest BCUT2D eigenvalue weighted by molar-refractivity contribution is 7.99. The van der Waals surface area contributed by atoms with Crippen LogP contribution in [-0.2, 0) is 0 Å². The molecule has 1 aromatic carbocycles. The Morgan fingerprint density at radius 2 is 2.19 bits per heavy atom. The molecule has 0 spiro atoms. The van der Waals surface area contributed by atoms with Crippen molar-refractivity contribution in [2.24, 2.45) is 0 Å². The number of rotatable bonds is 3. The van der Waals surface area contributed by atoms with Crippen LogP contribution in [0.3, 0.4) is 0 Å². The van der Waals surface area contributed by atoms with Gasteiger partial charge in [0.05, 0.1) is 5.56 Å². The van der Waals surface area contributed by atoms with Crippen molar-refractivity contribution >= 4 is 17.7 Å². The van der Waals surface area contributed by atoms with Crippen LogP contribution in [0.25, 0.3) is 0 Å². The Morgan fingerprint density at radius 1 is 1.38 bits per heavy atom. The van der Waals surface area contributed by atoms with Crippen molar-refractivity contribution in [3.63, 3.8) is 0 Å². The summed E-state index contributed by atoms with van der Waals surface area (Å²) in [6.45, 7) is 0. The first-order valence-electron chi connectivity index (χ1n) is 4.40. The quantitative estimate of drug-likeness (QED) is 0.891. The molecule has 0 aliphatic heterocycles. The molecule has 1 aromatic heterocycles. The fraction of sp³-hybridized carbons (Fsp3) is 0. The summed E-state index contributed by atoms with van der Waals surface area (Å²) in [4.78, 5) is 11.3. The van der Waals surface area contributed by atoms with E-state index in [2.05, 4.69) is 0 Å². The number of aromatic carboxylic acids is 1. The van der Waals surface area contributed by atoms with Crippen molar-refractivity contribution in [1.82, 2.24) is 0 Å². The third kappa shape index (κ3) is 2.43. The summed E-state index contributed by atoms with van der Waals surface area (Å²) >= 11 is 1.17. The van der Waals surface area contributed by atoms with E-state index in [1.165, 1.54) is 30.0 Å². The number of carboxylic acid groups (broad SMARTS) is 1. The van der Waals surface area contributed by atoms with E-state index in [-0.39, 0.29) is 11.4 Å². The lowest BCUT2D eigenvalue weighted by molar-refractivity contribution is 0.0696. The second-order valence-corrected chi connectivity index (χ2v) is 4.10. The maximum atomic E-state index is 12.9. The molecule has 0 saturated heterocycles. The zero-order valence-electron chi connectivity index (χ0n) is 8.01. The van der Waals surface area contributed by atoms with Crippen LogP contribution < -0.4 is 0 Å². The fourth-order valence-electron chi connectivity index (χ4n) is 1.13. The van der Waals surface area contributed by atoms with Gasteiger partial charge in [0, 0.05) is 11.0 Å². The van der Waals surface area contributed by atoms with Crippen molar-refractivity contribution < 1.29 is 18.7 Å². The first-order chi connectivity index (χ1) is 7.65. The van der Waals surface area contributed by atoms with E-state index in [1.54, 1.807) is 12.1 Å². The van der Waals surface area contributed by atoms with Gasteiger partial charge in [0.1, 0.15) is 12.1 Å². The zero-order chi connectivity index (χ0) is 11.5. The molecule has 0 aliphatic rings. The average Bonchev–Trinajstić information content (AvgIpc) is 2.66. The summed E-state index contributed by atoms with van der Waals surface area (Å²) in [5.74, 6) is -1.38. The molecular formula is C11H7FO3S. The van der Waals surface area contributed by atoms with E-state index in [9.17, 15) is 9.18 Å². The molecule has 0 bridgehead atoms. The Balaban J connectivity index is 2.17. The first kappa shape index (κ1) is 10.8. The largest absolute Gasteiger partial charge is 0.478 e. The Kier molecular flexibility index (Phi) is 2.96. The second kappa shape index (κ2) is 4.40. The van der Waals surface area contributed by atoms with Crippen LogP contribution in [0.1, 0.15) is 10.4 Å². The van der Waals surface area contributed by atoms with Gasteiger partial charge in [-0.3, -0.25) is 0 Å². The molecule has 16 heavy (non-hydrogen) atoms. The number of halogens is 1. The van der Waals surface area contributed by atoms with E-state index in [0.29, 0.717) is 9.99 Å². The first-order valence-corrected chi connectivity index (χ1v) is 5.22. The SMILES string of the molecule is O=C(O)c1coc(Sc2cccc(F)c2)c1. The summed E-state index contributed by atoms with van der Waals surface area (Å²) in [6, 6.07) is 7.40. The Labute approximate surface area is 94.9 Å². The fourth-order valence-corrected chi connectivity index (χ4v) is 1.96. The summed E-state index contributed by atoms with van der Waals surface area (Å²) in [7, 11) is 0. The van der Waals surface area contributed by atoms with Crippen LogP contribution in [0, 0.1) is 5.82 Å². The summed E-state index contributed by atoms with van der Waals surface area (Å²) in [5.41, 5.74) is 0.0823. The zero-order valence-corrected chi connectivity index (χ0v) is 8.83. The lowest BCUT2D eigenvalue weighted by atomic mass is 10.3. The maximum absolute atomic E-state index is 12.9. The number of furan rings is 1. The van der Waals surface area contributed by atoms with Crippen LogP contribution in [0.5, 0.6) is 0 Å². The standard InChI is InChI=1S/C11H7FO3S/c12-8-2-1-3-9(5-8)16-10-4-7(6-15-10)11(13)14/h1-6H,(H,13,14). The van der Waals surface area contributed by atoms with Crippen molar-refractivity contribution in [2.75, 3.05) is 0 Å². The minimum absolute atomic E-state index is 0.0823. The molecule has 0 saturated carbocycles. The lowest BCUT2D eigenvalue weighted by Gasteiger charge is -1.96. The molecule has 3 nitrogen and oxygen atoms in total. The number of carbonyl (C=O) groups is 1. The topological polar surface area (TPSA) is 50.4 Å². The Bertz CT molecular complexity index is 521. The smallest absolute Gasteiger partial charge is 0.339 e. The van der Waals surface area contributed by atoms with Crippen LogP contribution in [0.15, 0.2) is 51.0 Å². The molecule has 0 atom stereocenters. The van der Waals surface area contributed by atoms with Crippen LogP contribution in [0.2, 0.25) is 0 Å². The molecule has 1 heterocycles. The highest BCUT2D eigenvalue weighted by Gasteiger charge is 2.09. The minimum Gasteiger partial charge on any atom is -0.478 e. The minimum atomic E-state index is -1.05. The van der Waals surface area contributed by atoms with E-state index < -0.39 is 5.97 Å². The van der Waals surface area contributed by atoms with Crippen molar-refractivity contribution in [3.05, 3.63) is 48.0 Å². The van der Waals surface area contributed by atoms with E-state index in [1.807, 2.05) is 0 Å². The van der Waals surface area contributed by atoms with Crippen molar-refractivity contribution in [1.29, 1.82) is 0 Å². The number of benzene rings is 1. The predicted octanol–water partition coefficient (Wildman–Crippen LogP) is 3.27.